The first-order chi connectivity index (χ1) is 7.56. The molecule has 0 aliphatic heterocycles. The first kappa shape index (κ1) is 12.7. The van der Waals surface area contributed by atoms with E-state index in [0.717, 1.165) is 0 Å². The van der Waals surface area contributed by atoms with Crippen LogP contribution in [-0.2, 0) is 11.2 Å². The first-order valence-electron chi connectivity index (χ1n) is 5.36. The molecule has 0 aliphatic carbocycles. The molecule has 1 aromatic rings. The van der Waals surface area contributed by atoms with Gasteiger partial charge in [-0.05, 0) is 12.8 Å². The number of carbonyl (C=O) groups is 1. The van der Waals surface area contributed by atoms with Crippen molar-refractivity contribution in [3.8, 4) is 0 Å². The van der Waals surface area contributed by atoms with Crippen molar-refractivity contribution in [2.24, 2.45) is 0 Å². The smallest absolute Gasteiger partial charge is 0.373 e. The Bertz CT molecular complexity index is 357. The summed E-state index contributed by atoms with van der Waals surface area (Å²) < 4.78 is 10.4. The fraction of sp³-hybridized carbons (Fsp3) is 0.636. The van der Waals surface area contributed by atoms with E-state index in [-0.39, 0.29) is 11.7 Å². The predicted molar refractivity (Wildman–Crippen MR) is 57.7 cm³/mol. The topological polar surface area (TPSA) is 72.6 Å². The van der Waals surface area contributed by atoms with Crippen molar-refractivity contribution in [2.45, 2.75) is 33.1 Å². The molecular formula is C11H17NO4. The van der Waals surface area contributed by atoms with E-state index in [1.165, 1.54) is 0 Å². The van der Waals surface area contributed by atoms with Gasteiger partial charge in [0, 0.05) is 13.0 Å². The molecule has 5 heteroatoms. The zero-order valence-electron chi connectivity index (χ0n) is 9.82. The number of carboxylic acid groups (broad SMARTS) is 1. The molecule has 0 radical (unpaired) electrons. The number of ether oxygens (including phenoxy) is 1. The van der Waals surface area contributed by atoms with E-state index in [1.807, 2.05) is 20.8 Å². The second-order valence-corrected chi connectivity index (χ2v) is 3.73. The largest absolute Gasteiger partial charge is 0.475 e. The first-order valence-corrected chi connectivity index (χ1v) is 5.36. The quantitative estimate of drug-likeness (QED) is 0.753. The maximum absolute atomic E-state index is 10.9. The molecule has 1 N–H and O–H groups in total. The molecule has 90 valence electrons. The normalized spacial score (nSPS) is 11.0. The Kier molecular flexibility index (Phi) is 4.49. The number of aromatic carboxylic acids is 1. The molecule has 0 saturated heterocycles. The second-order valence-electron chi connectivity index (χ2n) is 3.73. The Morgan fingerprint density at radius 1 is 1.56 bits per heavy atom. The molecule has 16 heavy (non-hydrogen) atoms. The van der Waals surface area contributed by atoms with Crippen LogP contribution >= 0.6 is 0 Å². The third-order valence-corrected chi connectivity index (χ3v) is 2.10. The van der Waals surface area contributed by atoms with Crippen LogP contribution in [-0.4, -0.2) is 29.3 Å². The van der Waals surface area contributed by atoms with Crippen molar-refractivity contribution in [3.63, 3.8) is 0 Å². The molecule has 0 amide bonds. The summed E-state index contributed by atoms with van der Waals surface area (Å²) in [5.74, 6) is -0.661. The molecular weight excluding hydrogens is 210 g/mol. The van der Waals surface area contributed by atoms with Gasteiger partial charge in [-0.1, -0.05) is 13.8 Å². The Balaban J connectivity index is 2.80. The lowest BCUT2D eigenvalue weighted by molar-refractivity contribution is 0.0656. The summed E-state index contributed by atoms with van der Waals surface area (Å²) in [4.78, 5) is 15.1. The van der Waals surface area contributed by atoms with E-state index < -0.39 is 5.97 Å². The lowest BCUT2D eigenvalue weighted by Crippen LogP contribution is -2.01. The summed E-state index contributed by atoms with van der Waals surface area (Å²) in [5, 5.41) is 8.93. The average Bonchev–Trinajstić information content (AvgIpc) is 2.62. The van der Waals surface area contributed by atoms with Gasteiger partial charge in [0.1, 0.15) is 0 Å². The zero-order valence-corrected chi connectivity index (χ0v) is 9.82. The number of carboxylic acids is 1. The Morgan fingerprint density at radius 2 is 2.25 bits per heavy atom. The van der Waals surface area contributed by atoms with Gasteiger partial charge >= 0.3 is 5.97 Å². The van der Waals surface area contributed by atoms with Gasteiger partial charge in [-0.15, -0.1) is 0 Å². The lowest BCUT2D eigenvalue weighted by Gasteiger charge is -1.98. The minimum absolute atomic E-state index is 0.0377. The van der Waals surface area contributed by atoms with Gasteiger partial charge in [-0.2, -0.15) is 0 Å². The number of rotatable bonds is 6. The van der Waals surface area contributed by atoms with Crippen molar-refractivity contribution in [3.05, 3.63) is 17.3 Å². The standard InChI is InChI=1S/C11H17NO4/c1-4-15-6-5-8-12-9(7(2)3)10(16-8)11(13)14/h7H,4-6H2,1-3H3,(H,13,14). The van der Waals surface area contributed by atoms with Crippen LogP contribution < -0.4 is 0 Å². The highest BCUT2D eigenvalue weighted by Gasteiger charge is 2.21. The van der Waals surface area contributed by atoms with Gasteiger partial charge in [0.15, 0.2) is 5.89 Å². The number of aromatic nitrogens is 1. The average molecular weight is 227 g/mol. The van der Waals surface area contributed by atoms with Gasteiger partial charge in [0.05, 0.1) is 12.3 Å². The number of hydrogen-bond donors (Lipinski definition) is 1. The van der Waals surface area contributed by atoms with Crippen molar-refractivity contribution < 1.29 is 19.1 Å². The van der Waals surface area contributed by atoms with Crippen LogP contribution in [0.4, 0.5) is 0 Å². The molecule has 0 atom stereocenters. The molecule has 0 aromatic carbocycles. The summed E-state index contributed by atoms with van der Waals surface area (Å²) in [7, 11) is 0. The van der Waals surface area contributed by atoms with E-state index in [4.69, 9.17) is 14.3 Å². The number of oxazole rings is 1. The van der Waals surface area contributed by atoms with Crippen LogP contribution in [0.15, 0.2) is 4.42 Å². The monoisotopic (exact) mass is 227 g/mol. The van der Waals surface area contributed by atoms with Gasteiger partial charge < -0.3 is 14.3 Å². The summed E-state index contributed by atoms with van der Waals surface area (Å²) >= 11 is 0. The molecule has 0 aliphatic rings. The van der Waals surface area contributed by atoms with Crippen LogP contribution in [0.25, 0.3) is 0 Å². The van der Waals surface area contributed by atoms with E-state index in [9.17, 15) is 4.79 Å². The Morgan fingerprint density at radius 3 is 2.69 bits per heavy atom. The highest BCUT2D eigenvalue weighted by atomic mass is 16.5. The predicted octanol–water partition coefficient (Wildman–Crippen LogP) is 2.08. The van der Waals surface area contributed by atoms with Crippen LogP contribution in [0.1, 0.15) is 48.8 Å². The molecule has 0 bridgehead atoms. The van der Waals surface area contributed by atoms with Gasteiger partial charge in [0.25, 0.3) is 0 Å². The minimum atomic E-state index is -1.07. The van der Waals surface area contributed by atoms with Crippen molar-refractivity contribution >= 4 is 5.97 Å². The SMILES string of the molecule is CCOCCc1nc(C(C)C)c(C(=O)O)o1. The highest BCUT2D eigenvalue weighted by molar-refractivity contribution is 5.85. The summed E-state index contributed by atoms with van der Waals surface area (Å²) in [6.07, 6.45) is 0.501. The molecule has 5 nitrogen and oxygen atoms in total. The molecule has 1 rings (SSSR count). The van der Waals surface area contributed by atoms with E-state index in [0.29, 0.717) is 31.2 Å². The summed E-state index contributed by atoms with van der Waals surface area (Å²) in [5.41, 5.74) is 0.499. The van der Waals surface area contributed by atoms with E-state index in [2.05, 4.69) is 4.98 Å². The molecule has 0 spiro atoms. The Hall–Kier alpha value is -1.36. The summed E-state index contributed by atoms with van der Waals surface area (Å²) in [6.45, 7) is 6.79. The van der Waals surface area contributed by atoms with Crippen molar-refractivity contribution in [2.75, 3.05) is 13.2 Å². The van der Waals surface area contributed by atoms with Crippen LogP contribution in [0.3, 0.4) is 0 Å². The van der Waals surface area contributed by atoms with Crippen molar-refractivity contribution in [1.29, 1.82) is 0 Å². The number of nitrogens with zero attached hydrogens (tertiary/aromatic N) is 1. The highest BCUT2D eigenvalue weighted by Crippen LogP contribution is 2.20. The molecule has 0 fully saturated rings. The molecule has 1 aromatic heterocycles. The van der Waals surface area contributed by atoms with E-state index >= 15 is 0 Å². The van der Waals surface area contributed by atoms with Gasteiger partial charge in [-0.3, -0.25) is 0 Å². The lowest BCUT2D eigenvalue weighted by atomic mass is 10.1. The Labute approximate surface area is 94.4 Å². The molecule has 1 heterocycles. The zero-order chi connectivity index (χ0) is 12.1. The number of hydrogen-bond acceptors (Lipinski definition) is 4. The summed E-state index contributed by atoms with van der Waals surface area (Å²) in [6, 6.07) is 0. The third-order valence-electron chi connectivity index (χ3n) is 2.10. The fourth-order valence-corrected chi connectivity index (χ4v) is 1.33. The minimum Gasteiger partial charge on any atom is -0.475 e. The van der Waals surface area contributed by atoms with Gasteiger partial charge in [0.2, 0.25) is 5.76 Å². The third kappa shape index (κ3) is 3.06. The fourth-order valence-electron chi connectivity index (χ4n) is 1.33. The van der Waals surface area contributed by atoms with Crippen LogP contribution in [0.5, 0.6) is 0 Å². The molecule has 0 unspecified atom stereocenters. The van der Waals surface area contributed by atoms with Crippen LogP contribution in [0, 0.1) is 0 Å². The second kappa shape index (κ2) is 5.65. The van der Waals surface area contributed by atoms with Crippen LogP contribution in [0.2, 0.25) is 0 Å². The maximum Gasteiger partial charge on any atom is 0.373 e. The van der Waals surface area contributed by atoms with Crippen molar-refractivity contribution in [1.82, 2.24) is 4.98 Å². The maximum atomic E-state index is 10.9. The van der Waals surface area contributed by atoms with Gasteiger partial charge in [-0.25, -0.2) is 9.78 Å². The molecule has 0 saturated carbocycles. The van der Waals surface area contributed by atoms with E-state index in [1.54, 1.807) is 0 Å².